The molecule has 1 saturated carbocycles. The Morgan fingerprint density at radius 1 is 1.65 bits per heavy atom. The zero-order chi connectivity index (χ0) is 14.8. The van der Waals surface area contributed by atoms with E-state index in [1.54, 1.807) is 11.3 Å². The van der Waals surface area contributed by atoms with Gasteiger partial charge in [0.25, 0.3) is 0 Å². The number of oxime groups is 1. The van der Waals surface area contributed by atoms with Gasteiger partial charge in [0, 0.05) is 4.88 Å². The molecule has 0 saturated heterocycles. The second-order valence-corrected chi connectivity index (χ2v) is 6.49. The van der Waals surface area contributed by atoms with Crippen molar-refractivity contribution in [3.05, 3.63) is 21.9 Å². The van der Waals surface area contributed by atoms with E-state index in [-0.39, 0.29) is 11.7 Å². The third-order valence-electron chi connectivity index (χ3n) is 4.05. The topological polar surface area (TPSA) is 87.7 Å². The van der Waals surface area contributed by atoms with Crippen LogP contribution in [0.25, 0.3) is 0 Å². The molecule has 110 valence electrons. The maximum Gasteiger partial charge on any atom is 0.234 e. The summed E-state index contributed by atoms with van der Waals surface area (Å²) in [6, 6.07) is 2.08. The average Bonchev–Trinajstić information content (AvgIpc) is 2.87. The highest BCUT2D eigenvalue weighted by Crippen LogP contribution is 2.45. The van der Waals surface area contributed by atoms with Crippen LogP contribution in [0.1, 0.15) is 37.1 Å². The fourth-order valence-electron chi connectivity index (χ4n) is 2.90. The first-order valence-electron chi connectivity index (χ1n) is 6.85. The Balaban J connectivity index is 2.04. The van der Waals surface area contributed by atoms with Crippen LogP contribution in [-0.4, -0.2) is 17.0 Å². The normalized spacial score (nSPS) is 26.1. The molecule has 1 aromatic heterocycles. The molecule has 20 heavy (non-hydrogen) atoms. The van der Waals surface area contributed by atoms with E-state index in [9.17, 15) is 4.79 Å². The van der Waals surface area contributed by atoms with Gasteiger partial charge in [-0.25, -0.2) is 0 Å². The highest BCUT2D eigenvalue weighted by Gasteiger charge is 2.52. The number of amidine groups is 1. The van der Waals surface area contributed by atoms with Gasteiger partial charge >= 0.3 is 0 Å². The van der Waals surface area contributed by atoms with Crippen molar-refractivity contribution >= 4 is 23.1 Å². The van der Waals surface area contributed by atoms with Crippen molar-refractivity contribution in [2.45, 2.75) is 39.7 Å². The van der Waals surface area contributed by atoms with E-state index < -0.39 is 5.41 Å². The zero-order valence-electron chi connectivity index (χ0n) is 11.8. The Kier molecular flexibility index (Phi) is 4.32. The van der Waals surface area contributed by atoms with Gasteiger partial charge in [-0.15, -0.1) is 11.3 Å². The van der Waals surface area contributed by atoms with Gasteiger partial charge in [-0.3, -0.25) is 4.79 Å². The molecule has 6 heteroatoms. The lowest BCUT2D eigenvalue weighted by atomic mass is 9.61. The molecule has 1 amide bonds. The van der Waals surface area contributed by atoms with Crippen molar-refractivity contribution in [3.8, 4) is 0 Å². The first-order chi connectivity index (χ1) is 9.53. The predicted molar refractivity (Wildman–Crippen MR) is 79.8 cm³/mol. The fourth-order valence-corrected chi connectivity index (χ4v) is 3.82. The highest BCUT2D eigenvalue weighted by molar-refractivity contribution is 7.10. The van der Waals surface area contributed by atoms with Crippen LogP contribution in [0.3, 0.4) is 0 Å². The first-order valence-corrected chi connectivity index (χ1v) is 7.73. The number of rotatable bonds is 5. The van der Waals surface area contributed by atoms with Crippen LogP contribution < -0.4 is 11.1 Å². The smallest absolute Gasteiger partial charge is 0.234 e. The molecule has 1 aliphatic rings. The van der Waals surface area contributed by atoms with Crippen molar-refractivity contribution in [1.29, 1.82) is 0 Å². The molecular formula is C14H21N3O2S. The Hall–Kier alpha value is -1.56. The molecule has 0 unspecified atom stereocenters. The van der Waals surface area contributed by atoms with Crippen LogP contribution in [0.15, 0.2) is 16.6 Å². The summed E-state index contributed by atoms with van der Waals surface area (Å²) in [5.41, 5.74) is 6.16. The third kappa shape index (κ3) is 2.52. The van der Waals surface area contributed by atoms with E-state index in [0.29, 0.717) is 25.3 Å². The standard InChI is InChI=1S/C14H21N3O2S/c1-3-10-4-5-20-11(10)8-16-13(18)14(12(15)17-19)6-9(2)7-14/h4-5,9,19H,3,6-8H2,1-2H3,(H2,15,17)(H,16,18). The van der Waals surface area contributed by atoms with E-state index in [0.717, 1.165) is 6.42 Å². The molecule has 4 N–H and O–H groups in total. The summed E-state index contributed by atoms with van der Waals surface area (Å²) in [5, 5.41) is 16.9. The molecule has 2 rings (SSSR count). The summed E-state index contributed by atoms with van der Waals surface area (Å²) in [6.07, 6.45) is 2.23. The van der Waals surface area contributed by atoms with Crippen LogP contribution >= 0.6 is 11.3 Å². The van der Waals surface area contributed by atoms with Gasteiger partial charge in [-0.1, -0.05) is 19.0 Å². The van der Waals surface area contributed by atoms with Gasteiger partial charge in [-0.05, 0) is 42.2 Å². The number of thiophene rings is 1. The van der Waals surface area contributed by atoms with Crippen LogP contribution in [0, 0.1) is 11.3 Å². The molecule has 1 aromatic rings. The van der Waals surface area contributed by atoms with Gasteiger partial charge in [0.05, 0.1) is 6.54 Å². The SMILES string of the molecule is CCc1ccsc1CNC(=O)C1(/C(N)=N/O)CC(C)C1. The Morgan fingerprint density at radius 3 is 2.90 bits per heavy atom. The lowest BCUT2D eigenvalue weighted by Gasteiger charge is -2.43. The van der Waals surface area contributed by atoms with Crippen LogP contribution in [-0.2, 0) is 17.8 Å². The van der Waals surface area contributed by atoms with Crippen LogP contribution in [0.5, 0.6) is 0 Å². The summed E-state index contributed by atoms with van der Waals surface area (Å²) in [4.78, 5) is 13.6. The number of aryl methyl sites for hydroxylation is 1. The molecule has 0 spiro atoms. The Morgan fingerprint density at radius 2 is 2.35 bits per heavy atom. The van der Waals surface area contributed by atoms with E-state index in [1.165, 1.54) is 10.4 Å². The lowest BCUT2D eigenvalue weighted by Crippen LogP contribution is -2.56. The van der Waals surface area contributed by atoms with E-state index in [2.05, 4.69) is 30.4 Å². The Bertz CT molecular complexity index is 518. The summed E-state index contributed by atoms with van der Waals surface area (Å²) < 4.78 is 0. The van der Waals surface area contributed by atoms with Crippen molar-refractivity contribution in [1.82, 2.24) is 5.32 Å². The molecule has 1 fully saturated rings. The maximum atomic E-state index is 12.4. The van der Waals surface area contributed by atoms with Crippen molar-refractivity contribution in [2.24, 2.45) is 22.2 Å². The van der Waals surface area contributed by atoms with E-state index in [1.807, 2.05) is 5.38 Å². The third-order valence-corrected chi connectivity index (χ3v) is 5.02. The van der Waals surface area contributed by atoms with Crippen LogP contribution in [0.4, 0.5) is 0 Å². The summed E-state index contributed by atoms with van der Waals surface area (Å²) in [6.45, 7) is 4.66. The quantitative estimate of drug-likeness (QED) is 0.336. The number of nitrogens with two attached hydrogens (primary N) is 1. The average molecular weight is 295 g/mol. The summed E-state index contributed by atoms with van der Waals surface area (Å²) >= 11 is 1.64. The monoisotopic (exact) mass is 295 g/mol. The molecular weight excluding hydrogens is 274 g/mol. The number of hydrogen-bond donors (Lipinski definition) is 3. The lowest BCUT2D eigenvalue weighted by molar-refractivity contribution is -0.133. The number of amides is 1. The highest BCUT2D eigenvalue weighted by atomic mass is 32.1. The second-order valence-electron chi connectivity index (χ2n) is 5.49. The molecule has 1 aliphatic carbocycles. The van der Waals surface area contributed by atoms with E-state index in [4.69, 9.17) is 10.9 Å². The Labute approximate surface area is 122 Å². The minimum atomic E-state index is -0.822. The second kappa shape index (κ2) is 5.83. The maximum absolute atomic E-state index is 12.4. The van der Waals surface area contributed by atoms with Crippen molar-refractivity contribution in [3.63, 3.8) is 0 Å². The molecule has 0 atom stereocenters. The molecule has 0 aliphatic heterocycles. The number of carbonyl (C=O) groups excluding carboxylic acids is 1. The molecule has 5 nitrogen and oxygen atoms in total. The number of nitrogens with zero attached hydrogens (tertiary/aromatic N) is 1. The largest absolute Gasteiger partial charge is 0.409 e. The first kappa shape index (κ1) is 14.8. The van der Waals surface area contributed by atoms with Crippen LogP contribution in [0.2, 0.25) is 0 Å². The van der Waals surface area contributed by atoms with Gasteiger partial charge < -0.3 is 16.3 Å². The van der Waals surface area contributed by atoms with Gasteiger partial charge in [-0.2, -0.15) is 0 Å². The van der Waals surface area contributed by atoms with Gasteiger partial charge in [0.2, 0.25) is 5.91 Å². The predicted octanol–water partition coefficient (Wildman–Crippen LogP) is 2.09. The number of carbonyl (C=O) groups is 1. The summed E-state index contributed by atoms with van der Waals surface area (Å²) in [5.74, 6) is 0.310. The fraction of sp³-hybridized carbons (Fsp3) is 0.571. The molecule has 1 heterocycles. The van der Waals surface area contributed by atoms with Crippen molar-refractivity contribution in [2.75, 3.05) is 0 Å². The van der Waals surface area contributed by atoms with E-state index >= 15 is 0 Å². The number of nitrogens with one attached hydrogen (secondary N) is 1. The molecule has 0 bridgehead atoms. The minimum Gasteiger partial charge on any atom is -0.409 e. The zero-order valence-corrected chi connectivity index (χ0v) is 12.7. The van der Waals surface area contributed by atoms with Gasteiger partial charge in [0.15, 0.2) is 5.84 Å². The van der Waals surface area contributed by atoms with Gasteiger partial charge in [0.1, 0.15) is 5.41 Å². The molecule has 0 aromatic carbocycles. The summed E-state index contributed by atoms with van der Waals surface area (Å²) in [7, 11) is 0. The number of hydrogen-bond acceptors (Lipinski definition) is 4. The minimum absolute atomic E-state index is 0.0231. The molecule has 0 radical (unpaired) electrons. The van der Waals surface area contributed by atoms with Crippen molar-refractivity contribution < 1.29 is 10.0 Å².